The molecule has 0 saturated carbocycles. The number of imidazole rings is 1. The average Bonchev–Trinajstić information content (AvgIpc) is 3.00. The van der Waals surface area contributed by atoms with Crippen molar-refractivity contribution in [2.75, 3.05) is 13.1 Å². The van der Waals surface area contributed by atoms with Crippen LogP contribution in [0.1, 0.15) is 46.2 Å². The topological polar surface area (TPSA) is 49.0 Å². The smallest absolute Gasteiger partial charge is 0.346 e. The Hall–Kier alpha value is -2.31. The number of aryl methyl sites for hydroxylation is 1. The lowest BCUT2D eigenvalue weighted by atomic mass is 9.96. The number of aromatic nitrogens is 2. The Morgan fingerprint density at radius 3 is 2.75 bits per heavy atom. The van der Waals surface area contributed by atoms with Gasteiger partial charge in [-0.05, 0) is 31.9 Å². The monoisotopic (exact) mass is 337 g/mol. The Kier molecular flexibility index (Phi) is 4.34. The first-order chi connectivity index (χ1) is 11.4. The quantitative estimate of drug-likeness (QED) is 0.907. The number of alkyl halides is 3. The minimum absolute atomic E-state index is 0.0226. The summed E-state index contributed by atoms with van der Waals surface area (Å²) in [5.74, 6) is 0.236. The second-order valence-electron chi connectivity index (χ2n) is 6.09. The highest BCUT2D eigenvalue weighted by molar-refractivity contribution is 5.96. The number of hydrogen-bond acceptors (Lipinski definition) is 2. The molecule has 24 heavy (non-hydrogen) atoms. The Morgan fingerprint density at radius 1 is 1.33 bits per heavy atom. The molecule has 0 bridgehead atoms. The molecule has 0 aliphatic carbocycles. The van der Waals surface area contributed by atoms with Crippen LogP contribution in [0.25, 0.3) is 0 Å². The molecule has 4 nitrogen and oxygen atoms in total. The van der Waals surface area contributed by atoms with Gasteiger partial charge in [-0.2, -0.15) is 13.2 Å². The van der Waals surface area contributed by atoms with Gasteiger partial charge in [0.2, 0.25) is 0 Å². The fraction of sp³-hybridized carbons (Fsp3) is 0.412. The lowest BCUT2D eigenvalue weighted by Gasteiger charge is -2.32. The van der Waals surface area contributed by atoms with Gasteiger partial charge in [0.15, 0.2) is 0 Å². The molecule has 1 aliphatic heterocycles. The molecular formula is C17H18F3N3O. The molecule has 1 aliphatic rings. The molecule has 1 amide bonds. The van der Waals surface area contributed by atoms with Gasteiger partial charge in [0.05, 0.1) is 11.1 Å². The third-order valence-corrected chi connectivity index (χ3v) is 4.28. The predicted octanol–water partition coefficient (Wildman–Crippen LogP) is 3.76. The van der Waals surface area contributed by atoms with Gasteiger partial charge in [-0.1, -0.05) is 12.1 Å². The van der Waals surface area contributed by atoms with E-state index in [1.165, 1.54) is 23.1 Å². The zero-order chi connectivity index (χ0) is 17.3. The van der Waals surface area contributed by atoms with Crippen molar-refractivity contribution in [3.8, 4) is 0 Å². The number of aromatic amines is 1. The van der Waals surface area contributed by atoms with Gasteiger partial charge in [-0.25, -0.2) is 4.98 Å². The van der Waals surface area contributed by atoms with Crippen molar-refractivity contribution in [2.45, 2.75) is 31.9 Å². The molecule has 0 radical (unpaired) electrons. The van der Waals surface area contributed by atoms with E-state index < -0.39 is 17.6 Å². The Morgan fingerprint density at radius 2 is 2.08 bits per heavy atom. The lowest BCUT2D eigenvalue weighted by molar-refractivity contribution is -0.138. The summed E-state index contributed by atoms with van der Waals surface area (Å²) in [7, 11) is 0. The second kappa shape index (κ2) is 6.30. The van der Waals surface area contributed by atoms with Gasteiger partial charge >= 0.3 is 6.18 Å². The maximum Gasteiger partial charge on any atom is 0.417 e. The highest BCUT2D eigenvalue weighted by Crippen LogP contribution is 2.33. The van der Waals surface area contributed by atoms with Gasteiger partial charge in [0, 0.05) is 30.9 Å². The molecule has 1 aromatic heterocycles. The van der Waals surface area contributed by atoms with E-state index in [4.69, 9.17) is 0 Å². The van der Waals surface area contributed by atoms with Crippen LogP contribution in [0.3, 0.4) is 0 Å². The van der Waals surface area contributed by atoms with Crippen LogP contribution in [0.4, 0.5) is 13.2 Å². The molecular weight excluding hydrogens is 319 g/mol. The molecule has 1 N–H and O–H groups in total. The normalized spacial score (nSPS) is 18.7. The van der Waals surface area contributed by atoms with Crippen LogP contribution in [0.15, 0.2) is 30.5 Å². The largest absolute Gasteiger partial charge is 0.417 e. The number of likely N-dealkylation sites (tertiary alicyclic amines) is 1. The molecule has 1 saturated heterocycles. The number of hydrogen-bond donors (Lipinski definition) is 1. The van der Waals surface area contributed by atoms with Gasteiger partial charge < -0.3 is 9.88 Å². The van der Waals surface area contributed by atoms with E-state index in [-0.39, 0.29) is 11.5 Å². The first-order valence-corrected chi connectivity index (χ1v) is 7.83. The van der Waals surface area contributed by atoms with Gasteiger partial charge in [0.25, 0.3) is 5.91 Å². The van der Waals surface area contributed by atoms with Crippen molar-refractivity contribution in [1.82, 2.24) is 14.9 Å². The van der Waals surface area contributed by atoms with E-state index >= 15 is 0 Å². The summed E-state index contributed by atoms with van der Waals surface area (Å²) in [4.78, 5) is 21.6. The highest BCUT2D eigenvalue weighted by atomic mass is 19.4. The van der Waals surface area contributed by atoms with E-state index in [0.717, 1.165) is 30.4 Å². The first-order valence-electron chi connectivity index (χ1n) is 7.83. The summed E-state index contributed by atoms with van der Waals surface area (Å²) >= 11 is 0. The van der Waals surface area contributed by atoms with Gasteiger partial charge in [-0.15, -0.1) is 0 Å². The summed E-state index contributed by atoms with van der Waals surface area (Å²) in [6.45, 7) is 2.72. The van der Waals surface area contributed by atoms with Crippen LogP contribution in [-0.2, 0) is 6.18 Å². The van der Waals surface area contributed by atoms with Crippen molar-refractivity contribution < 1.29 is 18.0 Å². The number of amides is 1. The predicted molar refractivity (Wildman–Crippen MR) is 82.6 cm³/mol. The highest BCUT2D eigenvalue weighted by Gasteiger charge is 2.37. The number of rotatable bonds is 2. The number of carbonyl (C=O) groups excluding carboxylic acids is 1. The molecule has 1 atom stereocenters. The van der Waals surface area contributed by atoms with Crippen molar-refractivity contribution in [3.63, 3.8) is 0 Å². The average molecular weight is 337 g/mol. The number of nitrogens with one attached hydrogen (secondary N) is 1. The van der Waals surface area contributed by atoms with Crippen molar-refractivity contribution in [3.05, 3.63) is 53.1 Å². The summed E-state index contributed by atoms with van der Waals surface area (Å²) in [5, 5.41) is 0. The van der Waals surface area contributed by atoms with Crippen molar-refractivity contribution >= 4 is 5.91 Å². The molecule has 1 aromatic carbocycles. The van der Waals surface area contributed by atoms with E-state index in [1.54, 1.807) is 6.20 Å². The minimum Gasteiger partial charge on any atom is -0.346 e. The van der Waals surface area contributed by atoms with Crippen LogP contribution >= 0.6 is 0 Å². The zero-order valence-electron chi connectivity index (χ0n) is 13.2. The molecule has 128 valence electrons. The van der Waals surface area contributed by atoms with Crippen LogP contribution in [0.5, 0.6) is 0 Å². The van der Waals surface area contributed by atoms with Crippen LogP contribution in [0.2, 0.25) is 0 Å². The number of H-pyrrole nitrogens is 1. The lowest BCUT2D eigenvalue weighted by Crippen LogP contribution is -2.40. The molecule has 0 spiro atoms. The first kappa shape index (κ1) is 16.5. The van der Waals surface area contributed by atoms with Crippen molar-refractivity contribution in [2.24, 2.45) is 0 Å². The van der Waals surface area contributed by atoms with Gasteiger partial charge in [0.1, 0.15) is 5.82 Å². The molecule has 2 heterocycles. The SMILES string of the molecule is Cc1cnc(C2CCCN(C(=O)c3ccccc3C(F)(F)F)C2)[nH]1. The van der Waals surface area contributed by atoms with E-state index in [1.807, 2.05) is 6.92 Å². The molecule has 3 rings (SSSR count). The minimum atomic E-state index is -4.54. The molecule has 2 aromatic rings. The standard InChI is InChI=1S/C17H18F3N3O/c1-11-9-21-15(22-11)12-5-4-8-23(10-12)16(24)13-6-2-3-7-14(13)17(18,19)20/h2-3,6-7,9,12H,4-5,8,10H2,1H3,(H,21,22). The summed E-state index contributed by atoms with van der Waals surface area (Å²) < 4.78 is 39.4. The Bertz CT molecular complexity index is 739. The summed E-state index contributed by atoms with van der Waals surface area (Å²) in [5.41, 5.74) is -0.247. The number of piperidine rings is 1. The summed E-state index contributed by atoms with van der Waals surface area (Å²) in [6, 6.07) is 4.94. The third kappa shape index (κ3) is 3.29. The zero-order valence-corrected chi connectivity index (χ0v) is 13.2. The number of nitrogens with zero attached hydrogens (tertiary/aromatic N) is 2. The van der Waals surface area contributed by atoms with E-state index in [0.29, 0.717) is 13.1 Å². The number of halogens is 3. The van der Waals surface area contributed by atoms with Crippen LogP contribution in [0, 0.1) is 6.92 Å². The molecule has 1 unspecified atom stereocenters. The molecule has 7 heteroatoms. The van der Waals surface area contributed by atoms with Crippen LogP contribution in [-0.4, -0.2) is 33.9 Å². The Balaban J connectivity index is 1.83. The maximum absolute atomic E-state index is 13.1. The van der Waals surface area contributed by atoms with Crippen LogP contribution < -0.4 is 0 Å². The maximum atomic E-state index is 13.1. The molecule has 1 fully saturated rings. The second-order valence-corrected chi connectivity index (χ2v) is 6.09. The van der Waals surface area contributed by atoms with E-state index in [2.05, 4.69) is 9.97 Å². The van der Waals surface area contributed by atoms with E-state index in [9.17, 15) is 18.0 Å². The van der Waals surface area contributed by atoms with Crippen molar-refractivity contribution in [1.29, 1.82) is 0 Å². The number of carbonyl (C=O) groups is 1. The third-order valence-electron chi connectivity index (χ3n) is 4.28. The number of benzene rings is 1. The fourth-order valence-corrected chi connectivity index (χ4v) is 3.11. The summed E-state index contributed by atoms with van der Waals surface area (Å²) in [6.07, 6.45) is -1.23. The fourth-order valence-electron chi connectivity index (χ4n) is 3.11. The van der Waals surface area contributed by atoms with Gasteiger partial charge in [-0.3, -0.25) is 4.79 Å². The Labute approximate surface area is 137 Å².